The molecule has 0 spiro atoms. The zero-order valence-electron chi connectivity index (χ0n) is 18.8. The Kier molecular flexibility index (Phi) is 11.3. The van der Waals surface area contributed by atoms with Gasteiger partial charge in [0.1, 0.15) is 0 Å². The molecule has 31 heavy (non-hydrogen) atoms. The number of methoxy groups -OCH3 is 4. The number of ether oxygens (including phenoxy) is 6. The molecular formula is C24H32O6Se. The normalized spacial score (nSPS) is 13.1. The monoisotopic (exact) mass is 496 g/mol. The molecule has 6 nitrogen and oxygen atoms in total. The Morgan fingerprint density at radius 1 is 0.935 bits per heavy atom. The first-order chi connectivity index (χ1) is 15.2. The van der Waals surface area contributed by atoms with Crippen LogP contribution in [0.5, 0.6) is 17.2 Å². The van der Waals surface area contributed by atoms with E-state index in [0.29, 0.717) is 17.2 Å². The summed E-state index contributed by atoms with van der Waals surface area (Å²) < 4.78 is 35.3. The zero-order chi connectivity index (χ0) is 22.5. The van der Waals surface area contributed by atoms with Gasteiger partial charge in [-0.15, -0.1) is 0 Å². The van der Waals surface area contributed by atoms with Crippen LogP contribution in [0.3, 0.4) is 0 Å². The van der Waals surface area contributed by atoms with Gasteiger partial charge in [-0.2, -0.15) is 0 Å². The Morgan fingerprint density at radius 3 is 2.16 bits per heavy atom. The molecule has 0 aromatic heterocycles. The molecule has 0 bridgehead atoms. The van der Waals surface area contributed by atoms with E-state index in [9.17, 15) is 0 Å². The SMILES string of the molecule is CC/C=C/O[C@H](c1cc(OC)c(OC)c(OC)c1)[C@@H](C[Se]c1ccccc1)OCOC. The summed E-state index contributed by atoms with van der Waals surface area (Å²) in [5.74, 6) is 1.69. The minimum absolute atomic E-state index is 0.178. The summed E-state index contributed by atoms with van der Waals surface area (Å²) in [6.07, 6.45) is 3.97. The maximum atomic E-state index is 6.19. The van der Waals surface area contributed by atoms with Crippen molar-refractivity contribution in [3.8, 4) is 17.2 Å². The van der Waals surface area contributed by atoms with Crippen LogP contribution in [0.1, 0.15) is 25.0 Å². The van der Waals surface area contributed by atoms with Gasteiger partial charge in [0.2, 0.25) is 0 Å². The van der Waals surface area contributed by atoms with Gasteiger partial charge in [-0.1, -0.05) is 0 Å². The van der Waals surface area contributed by atoms with Crippen LogP contribution in [0, 0.1) is 0 Å². The Bertz CT molecular complexity index is 771. The van der Waals surface area contributed by atoms with Crippen LogP contribution in [0.15, 0.2) is 54.8 Å². The van der Waals surface area contributed by atoms with Crippen molar-refractivity contribution in [3.63, 3.8) is 0 Å². The summed E-state index contributed by atoms with van der Waals surface area (Å²) in [4.78, 5) is 0. The third-order valence-electron chi connectivity index (χ3n) is 4.47. The minimum atomic E-state index is -0.378. The third-order valence-corrected chi connectivity index (χ3v) is 6.78. The van der Waals surface area contributed by atoms with Gasteiger partial charge in [0.25, 0.3) is 0 Å². The Balaban J connectivity index is 2.40. The van der Waals surface area contributed by atoms with Crippen molar-refractivity contribution < 1.29 is 28.4 Å². The number of benzene rings is 2. The molecule has 0 aliphatic heterocycles. The van der Waals surface area contributed by atoms with E-state index in [2.05, 4.69) is 31.2 Å². The van der Waals surface area contributed by atoms with E-state index in [1.165, 1.54) is 4.46 Å². The molecule has 0 heterocycles. The first-order valence-corrected chi connectivity index (χ1v) is 12.1. The molecule has 7 heteroatoms. The summed E-state index contributed by atoms with van der Waals surface area (Å²) in [6, 6.07) is 14.2. The second kappa shape index (κ2) is 14.0. The first-order valence-electron chi connectivity index (χ1n) is 10.1. The third kappa shape index (κ3) is 7.47. The number of rotatable bonds is 14. The van der Waals surface area contributed by atoms with Crippen LogP contribution in [0.4, 0.5) is 0 Å². The molecule has 170 valence electrons. The maximum absolute atomic E-state index is 6.19. The van der Waals surface area contributed by atoms with Gasteiger partial charge in [0.15, 0.2) is 0 Å². The number of allylic oxidation sites excluding steroid dienone is 1. The fourth-order valence-electron chi connectivity index (χ4n) is 2.96. The molecule has 2 rings (SSSR count). The van der Waals surface area contributed by atoms with Crippen LogP contribution in [-0.2, 0) is 14.2 Å². The van der Waals surface area contributed by atoms with E-state index in [1.54, 1.807) is 34.7 Å². The fourth-order valence-corrected chi connectivity index (χ4v) is 5.01. The van der Waals surface area contributed by atoms with Gasteiger partial charge in [-0.25, -0.2) is 0 Å². The van der Waals surface area contributed by atoms with Crippen LogP contribution >= 0.6 is 0 Å². The Hall–Kier alpha value is -2.18. The molecule has 2 aromatic carbocycles. The average Bonchev–Trinajstić information content (AvgIpc) is 2.82. The van der Waals surface area contributed by atoms with Crippen molar-refractivity contribution in [3.05, 3.63) is 60.4 Å². The summed E-state index contributed by atoms with van der Waals surface area (Å²) in [6.45, 7) is 2.24. The molecule has 0 fully saturated rings. The van der Waals surface area contributed by atoms with E-state index >= 15 is 0 Å². The van der Waals surface area contributed by atoms with E-state index in [-0.39, 0.29) is 34.0 Å². The second-order valence-electron chi connectivity index (χ2n) is 6.53. The van der Waals surface area contributed by atoms with Crippen molar-refractivity contribution >= 4 is 19.4 Å². The topological polar surface area (TPSA) is 55.4 Å². The van der Waals surface area contributed by atoms with E-state index in [1.807, 2.05) is 24.3 Å². The standard InChI is InChI=1S/C24H32O6Se/c1-6-7-13-29-23(18-14-20(26-3)24(28-5)21(15-18)27-4)22(30-17-25-2)16-31-19-11-9-8-10-12-19/h7-15,22-23H,6,16-17H2,1-5H3/b13-7+/t22-,23-/m1/s1. The van der Waals surface area contributed by atoms with Crippen molar-refractivity contribution in [2.24, 2.45) is 0 Å². The first kappa shape index (κ1) is 25.1. The molecule has 0 radical (unpaired) electrons. The quantitative estimate of drug-likeness (QED) is 0.223. The second-order valence-corrected chi connectivity index (χ2v) is 8.83. The number of hydrogen-bond donors (Lipinski definition) is 0. The molecule has 0 amide bonds. The van der Waals surface area contributed by atoms with Crippen LogP contribution in [-0.4, -0.2) is 56.3 Å². The van der Waals surface area contributed by atoms with Gasteiger partial charge < -0.3 is 0 Å². The molecule has 2 aromatic rings. The van der Waals surface area contributed by atoms with Gasteiger partial charge >= 0.3 is 192 Å². The van der Waals surface area contributed by atoms with Crippen molar-refractivity contribution in [1.29, 1.82) is 0 Å². The summed E-state index contributed by atoms with van der Waals surface area (Å²) in [7, 11) is 6.41. The number of hydrogen-bond acceptors (Lipinski definition) is 6. The molecule has 0 saturated carbocycles. The zero-order valence-corrected chi connectivity index (χ0v) is 20.5. The van der Waals surface area contributed by atoms with Gasteiger partial charge in [-0.05, 0) is 0 Å². The molecule has 0 aliphatic carbocycles. The van der Waals surface area contributed by atoms with Crippen LogP contribution < -0.4 is 18.7 Å². The van der Waals surface area contributed by atoms with Crippen molar-refractivity contribution in [2.45, 2.75) is 30.9 Å². The van der Waals surface area contributed by atoms with Gasteiger partial charge in [-0.3, -0.25) is 0 Å². The average molecular weight is 495 g/mol. The molecule has 0 N–H and O–H groups in total. The predicted molar refractivity (Wildman–Crippen MR) is 123 cm³/mol. The van der Waals surface area contributed by atoms with Gasteiger partial charge in [0, 0.05) is 0 Å². The van der Waals surface area contributed by atoms with E-state index < -0.39 is 0 Å². The molecular weight excluding hydrogens is 463 g/mol. The van der Waals surface area contributed by atoms with Crippen LogP contribution in [0.25, 0.3) is 0 Å². The van der Waals surface area contributed by atoms with Crippen molar-refractivity contribution in [1.82, 2.24) is 0 Å². The van der Waals surface area contributed by atoms with Crippen LogP contribution in [0.2, 0.25) is 5.32 Å². The molecule has 0 aliphatic rings. The molecule has 0 saturated heterocycles. The fraction of sp³-hybridized carbons (Fsp3) is 0.417. The summed E-state index contributed by atoms with van der Waals surface area (Å²) >= 11 is 0.205. The van der Waals surface area contributed by atoms with E-state index in [4.69, 9.17) is 28.4 Å². The summed E-state index contributed by atoms with van der Waals surface area (Å²) in [5, 5.41) is 0.807. The molecule has 0 unspecified atom stereocenters. The van der Waals surface area contributed by atoms with E-state index in [0.717, 1.165) is 17.3 Å². The summed E-state index contributed by atoms with van der Waals surface area (Å²) in [5.41, 5.74) is 0.875. The Morgan fingerprint density at radius 2 is 1.61 bits per heavy atom. The molecule has 2 atom stereocenters. The Labute approximate surface area is 191 Å². The van der Waals surface area contributed by atoms with Crippen molar-refractivity contribution in [2.75, 3.05) is 35.2 Å². The predicted octanol–water partition coefficient (Wildman–Crippen LogP) is 4.13. The van der Waals surface area contributed by atoms with Gasteiger partial charge in [0.05, 0.1) is 0 Å².